The Morgan fingerprint density at radius 3 is 2.32 bits per heavy atom. The Morgan fingerprint density at radius 1 is 1.19 bits per heavy atom. The molecular weight excluding hydrogens is 468 g/mol. The predicted molar refractivity (Wildman–Crippen MR) is 116 cm³/mol. The second kappa shape index (κ2) is 9.65. The number of hydrogen-bond donors (Lipinski definition) is 2. The molecule has 0 aliphatic heterocycles. The third-order valence-corrected chi connectivity index (χ3v) is 8.80. The number of sulfonamides is 2. The molecule has 1 amide bonds. The molecule has 0 aliphatic rings. The molecule has 1 heterocycles. The van der Waals surface area contributed by atoms with Gasteiger partial charge in [-0.3, -0.25) is 4.79 Å². The van der Waals surface area contributed by atoms with Crippen LogP contribution in [0.5, 0.6) is 0 Å². The van der Waals surface area contributed by atoms with Gasteiger partial charge in [-0.05, 0) is 39.0 Å². The molecular formula is C18H25ClN4O6S2. The minimum absolute atomic E-state index is 0.0112. The topological polar surface area (TPSA) is 139 Å². The van der Waals surface area contributed by atoms with Gasteiger partial charge in [-0.1, -0.05) is 30.6 Å². The average Bonchev–Trinajstić information content (AvgIpc) is 3.02. The summed E-state index contributed by atoms with van der Waals surface area (Å²) in [5.74, 6) is -0.592. The molecule has 2 N–H and O–H groups in total. The van der Waals surface area contributed by atoms with Gasteiger partial charge in [0.1, 0.15) is 15.5 Å². The van der Waals surface area contributed by atoms with Crippen LogP contribution in [0, 0.1) is 13.8 Å². The summed E-state index contributed by atoms with van der Waals surface area (Å²) in [7, 11) is -7.92. The molecule has 0 spiro atoms. The quantitative estimate of drug-likeness (QED) is 0.547. The van der Waals surface area contributed by atoms with E-state index in [2.05, 4.69) is 15.2 Å². The molecule has 31 heavy (non-hydrogen) atoms. The van der Waals surface area contributed by atoms with Crippen molar-refractivity contribution in [1.82, 2.24) is 14.2 Å². The van der Waals surface area contributed by atoms with Crippen molar-refractivity contribution < 1.29 is 26.2 Å². The van der Waals surface area contributed by atoms with Crippen LogP contribution in [0.4, 0.5) is 5.69 Å². The van der Waals surface area contributed by atoms with E-state index in [4.69, 9.17) is 16.1 Å². The van der Waals surface area contributed by atoms with E-state index >= 15 is 0 Å². The predicted octanol–water partition coefficient (Wildman–Crippen LogP) is 2.28. The zero-order valence-electron chi connectivity index (χ0n) is 17.8. The summed E-state index contributed by atoms with van der Waals surface area (Å²) >= 11 is 6.09. The molecule has 1 aromatic carbocycles. The van der Waals surface area contributed by atoms with Gasteiger partial charge in [0, 0.05) is 18.8 Å². The van der Waals surface area contributed by atoms with Crippen molar-refractivity contribution >= 4 is 43.2 Å². The van der Waals surface area contributed by atoms with Crippen molar-refractivity contribution in [3.05, 3.63) is 34.7 Å². The van der Waals surface area contributed by atoms with Gasteiger partial charge >= 0.3 is 0 Å². The second-order valence-electron chi connectivity index (χ2n) is 6.72. The summed E-state index contributed by atoms with van der Waals surface area (Å²) < 4.78 is 59.1. The van der Waals surface area contributed by atoms with E-state index in [-0.39, 0.29) is 45.0 Å². The number of hydrogen-bond acceptors (Lipinski definition) is 7. The summed E-state index contributed by atoms with van der Waals surface area (Å²) in [6.07, 6.45) is 0. The Hall–Kier alpha value is -1.99. The maximum atomic E-state index is 12.8. The summed E-state index contributed by atoms with van der Waals surface area (Å²) in [4.78, 5) is 12.3. The highest BCUT2D eigenvalue weighted by Crippen LogP contribution is 2.28. The summed E-state index contributed by atoms with van der Waals surface area (Å²) in [6.45, 7) is 8.19. The molecule has 1 atom stereocenters. The number of aromatic nitrogens is 1. The minimum Gasteiger partial charge on any atom is -0.360 e. The molecule has 0 radical (unpaired) electrons. The number of rotatable bonds is 9. The highest BCUT2D eigenvalue weighted by molar-refractivity contribution is 7.89. The van der Waals surface area contributed by atoms with Crippen molar-refractivity contribution in [3.63, 3.8) is 0 Å². The fourth-order valence-corrected chi connectivity index (χ4v) is 6.43. The van der Waals surface area contributed by atoms with E-state index in [1.807, 2.05) is 0 Å². The Balaban J connectivity index is 2.24. The van der Waals surface area contributed by atoms with E-state index in [1.54, 1.807) is 13.8 Å². The highest BCUT2D eigenvalue weighted by Gasteiger charge is 2.29. The van der Waals surface area contributed by atoms with E-state index in [0.717, 1.165) is 0 Å². The summed E-state index contributed by atoms with van der Waals surface area (Å²) in [6, 6.07) is 2.85. The molecule has 0 unspecified atom stereocenters. The molecule has 172 valence electrons. The Labute approximate surface area is 187 Å². The number of aryl methyl sites for hydroxylation is 2. The zero-order valence-corrected chi connectivity index (χ0v) is 20.2. The number of nitrogens with one attached hydrogen (secondary N) is 2. The monoisotopic (exact) mass is 492 g/mol. The van der Waals surface area contributed by atoms with Crippen LogP contribution >= 0.6 is 11.6 Å². The van der Waals surface area contributed by atoms with Gasteiger partial charge in [0.05, 0.1) is 11.1 Å². The lowest BCUT2D eigenvalue weighted by atomic mass is 10.3. The third kappa shape index (κ3) is 5.44. The van der Waals surface area contributed by atoms with Crippen LogP contribution in [0.25, 0.3) is 0 Å². The Bertz CT molecular complexity index is 1150. The number of carbonyl (C=O) groups excluding carboxylic acids is 1. The smallest absolute Gasteiger partial charge is 0.246 e. The molecule has 10 nitrogen and oxygen atoms in total. The van der Waals surface area contributed by atoms with Crippen LogP contribution in [0.2, 0.25) is 5.02 Å². The maximum absolute atomic E-state index is 12.8. The van der Waals surface area contributed by atoms with Crippen molar-refractivity contribution in [1.29, 1.82) is 0 Å². The highest BCUT2D eigenvalue weighted by atomic mass is 35.5. The molecule has 2 rings (SSSR count). The number of amides is 1. The van der Waals surface area contributed by atoms with Gasteiger partial charge in [-0.2, -0.15) is 9.03 Å². The number of benzene rings is 1. The molecule has 0 saturated carbocycles. The van der Waals surface area contributed by atoms with Crippen molar-refractivity contribution in [2.75, 3.05) is 18.4 Å². The molecule has 0 aliphatic carbocycles. The molecule has 2 aromatic rings. The Kier molecular flexibility index (Phi) is 7.87. The lowest BCUT2D eigenvalue weighted by molar-refractivity contribution is -0.117. The van der Waals surface area contributed by atoms with Crippen LogP contribution in [0.3, 0.4) is 0 Å². The fourth-order valence-electron chi connectivity index (χ4n) is 2.94. The van der Waals surface area contributed by atoms with E-state index in [1.165, 1.54) is 43.3 Å². The molecule has 0 bridgehead atoms. The first-order chi connectivity index (χ1) is 14.3. The lowest BCUT2D eigenvalue weighted by Gasteiger charge is -2.20. The first-order valence-electron chi connectivity index (χ1n) is 9.40. The number of nitrogens with zero attached hydrogens (tertiary/aromatic N) is 2. The largest absolute Gasteiger partial charge is 0.360 e. The standard InChI is InChI=1S/C18H25ClN4O6S2/c1-6-23(7-2)31(27,28)16-10-14(8-9-15(16)19)20-18(24)12(4)22-30(25,26)17-11(3)21-29-13(17)5/h8-10,12,22H,6-7H2,1-5H3,(H,20,24)/t12-/m0/s1. The van der Waals surface area contributed by atoms with Gasteiger partial charge in [0.2, 0.25) is 26.0 Å². The number of halogens is 1. The van der Waals surface area contributed by atoms with Crippen LogP contribution < -0.4 is 10.0 Å². The molecule has 0 saturated heterocycles. The van der Waals surface area contributed by atoms with E-state index in [9.17, 15) is 21.6 Å². The first-order valence-corrected chi connectivity index (χ1v) is 12.7. The molecule has 0 fully saturated rings. The van der Waals surface area contributed by atoms with Crippen molar-refractivity contribution in [3.8, 4) is 0 Å². The van der Waals surface area contributed by atoms with Crippen LogP contribution in [0.1, 0.15) is 32.2 Å². The van der Waals surface area contributed by atoms with Crippen LogP contribution in [0.15, 0.2) is 32.5 Å². The van der Waals surface area contributed by atoms with E-state index in [0.29, 0.717) is 0 Å². The fraction of sp³-hybridized carbons (Fsp3) is 0.444. The number of carbonyl (C=O) groups is 1. The van der Waals surface area contributed by atoms with E-state index < -0.39 is 32.0 Å². The van der Waals surface area contributed by atoms with Crippen LogP contribution in [-0.2, 0) is 24.8 Å². The number of anilines is 1. The zero-order chi connectivity index (χ0) is 23.6. The second-order valence-corrected chi connectivity index (χ2v) is 10.7. The van der Waals surface area contributed by atoms with Gasteiger partial charge in [-0.15, -0.1) is 0 Å². The summed E-state index contributed by atoms with van der Waals surface area (Å²) in [5.41, 5.74) is 0.324. The third-order valence-electron chi connectivity index (χ3n) is 4.48. The summed E-state index contributed by atoms with van der Waals surface area (Å²) in [5, 5.41) is 6.12. The van der Waals surface area contributed by atoms with Gasteiger partial charge in [0.15, 0.2) is 5.76 Å². The van der Waals surface area contributed by atoms with Crippen molar-refractivity contribution in [2.45, 2.75) is 50.5 Å². The SMILES string of the molecule is CCN(CC)S(=O)(=O)c1cc(NC(=O)[C@H](C)NS(=O)(=O)c2c(C)noc2C)ccc1Cl. The van der Waals surface area contributed by atoms with Crippen molar-refractivity contribution in [2.24, 2.45) is 0 Å². The molecule has 13 heteroatoms. The normalized spacial score (nSPS) is 13.4. The van der Waals surface area contributed by atoms with Gasteiger partial charge in [0.25, 0.3) is 0 Å². The van der Waals surface area contributed by atoms with Crippen LogP contribution in [-0.4, -0.2) is 51.3 Å². The molecule has 1 aromatic heterocycles. The van der Waals surface area contributed by atoms with Gasteiger partial charge in [-0.25, -0.2) is 16.8 Å². The first kappa shape index (κ1) is 25.3. The Morgan fingerprint density at radius 2 is 1.81 bits per heavy atom. The van der Waals surface area contributed by atoms with Gasteiger partial charge < -0.3 is 9.84 Å². The lowest BCUT2D eigenvalue weighted by Crippen LogP contribution is -2.41. The maximum Gasteiger partial charge on any atom is 0.246 e. The average molecular weight is 493 g/mol. The minimum atomic E-state index is -4.06.